The first kappa shape index (κ1) is 19.6. The van der Waals surface area contributed by atoms with Crippen molar-refractivity contribution in [3.63, 3.8) is 0 Å². The molecule has 3 N–H and O–H groups in total. The molecule has 1 aromatic rings. The summed E-state index contributed by atoms with van der Waals surface area (Å²) in [5.41, 5.74) is -2.99. The van der Waals surface area contributed by atoms with E-state index in [1.54, 1.807) is 0 Å². The number of rotatable bonds is 3. The van der Waals surface area contributed by atoms with Gasteiger partial charge in [0.05, 0.1) is 16.7 Å². The van der Waals surface area contributed by atoms with Gasteiger partial charge in [0.25, 0.3) is 0 Å². The lowest BCUT2D eigenvalue weighted by Crippen LogP contribution is -2.51. The van der Waals surface area contributed by atoms with E-state index in [0.717, 1.165) is 19.3 Å². The molecule has 0 atom stereocenters. The molecule has 4 fully saturated rings. The molecule has 0 heterocycles. The van der Waals surface area contributed by atoms with Gasteiger partial charge in [-0.2, -0.15) is 13.2 Å². The third-order valence-corrected chi connectivity index (χ3v) is 7.40. The summed E-state index contributed by atoms with van der Waals surface area (Å²) < 4.78 is 76.6. The summed E-state index contributed by atoms with van der Waals surface area (Å²) in [6.45, 7) is 0. The first-order valence-corrected chi connectivity index (χ1v) is 10.7. The van der Waals surface area contributed by atoms with Gasteiger partial charge in [-0.1, -0.05) is 0 Å². The van der Waals surface area contributed by atoms with Crippen LogP contribution < -0.4 is 10.5 Å². The van der Waals surface area contributed by atoms with Gasteiger partial charge in [0.15, 0.2) is 0 Å². The minimum absolute atomic E-state index is 0.216. The van der Waals surface area contributed by atoms with Gasteiger partial charge in [-0.05, 0) is 68.4 Å². The van der Waals surface area contributed by atoms with Crippen molar-refractivity contribution in [2.75, 3.05) is 5.32 Å². The molecule has 1 amide bonds. The second kappa shape index (κ2) is 6.16. The Morgan fingerprint density at radius 3 is 2.00 bits per heavy atom. The van der Waals surface area contributed by atoms with E-state index in [0.29, 0.717) is 43.1 Å². The van der Waals surface area contributed by atoms with Crippen molar-refractivity contribution in [2.24, 2.45) is 28.3 Å². The Bertz CT molecular complexity index is 908. The van der Waals surface area contributed by atoms with Crippen LogP contribution in [-0.4, -0.2) is 14.3 Å². The van der Waals surface area contributed by atoms with Crippen LogP contribution in [0.15, 0.2) is 17.0 Å². The van der Waals surface area contributed by atoms with Crippen molar-refractivity contribution in [1.29, 1.82) is 0 Å². The normalized spacial score (nSPS) is 31.8. The van der Waals surface area contributed by atoms with Gasteiger partial charge in [-0.25, -0.2) is 17.9 Å². The molecule has 0 spiro atoms. The van der Waals surface area contributed by atoms with Crippen LogP contribution in [-0.2, 0) is 21.0 Å². The Morgan fingerprint density at radius 1 is 1.07 bits per heavy atom. The zero-order valence-corrected chi connectivity index (χ0v) is 15.7. The van der Waals surface area contributed by atoms with Crippen LogP contribution in [0.5, 0.6) is 0 Å². The van der Waals surface area contributed by atoms with Gasteiger partial charge < -0.3 is 5.32 Å². The van der Waals surface area contributed by atoms with E-state index in [-0.39, 0.29) is 6.07 Å². The fourth-order valence-corrected chi connectivity index (χ4v) is 6.43. The number of amides is 1. The highest BCUT2D eigenvalue weighted by Crippen LogP contribution is 2.60. The molecule has 0 aromatic heterocycles. The van der Waals surface area contributed by atoms with Crippen molar-refractivity contribution >= 4 is 21.6 Å². The SMILES string of the molecule is NS(=O)(=O)c1cc(F)c(C(F)(F)F)cc1NC(=O)C12CC3CC(CC(C3)C1)C2. The maximum Gasteiger partial charge on any atom is 0.419 e. The van der Waals surface area contributed by atoms with Gasteiger partial charge in [0, 0.05) is 0 Å². The topological polar surface area (TPSA) is 89.3 Å². The molecule has 28 heavy (non-hydrogen) atoms. The molecule has 154 valence electrons. The quantitative estimate of drug-likeness (QED) is 0.732. The highest BCUT2D eigenvalue weighted by molar-refractivity contribution is 7.89. The van der Waals surface area contributed by atoms with Crippen LogP contribution in [0.1, 0.15) is 44.1 Å². The lowest BCUT2D eigenvalue weighted by molar-refractivity contribution is -0.141. The van der Waals surface area contributed by atoms with E-state index in [4.69, 9.17) is 5.14 Å². The minimum atomic E-state index is -5.04. The number of alkyl halides is 3. The Morgan fingerprint density at radius 2 is 1.57 bits per heavy atom. The number of benzene rings is 1. The number of sulfonamides is 1. The van der Waals surface area contributed by atoms with Gasteiger partial charge in [-0.15, -0.1) is 0 Å². The van der Waals surface area contributed by atoms with E-state index in [1.165, 1.54) is 0 Å². The monoisotopic (exact) mass is 420 g/mol. The molecule has 1 aromatic carbocycles. The third kappa shape index (κ3) is 3.30. The highest BCUT2D eigenvalue weighted by atomic mass is 32.2. The second-order valence-corrected chi connectivity index (χ2v) is 10.1. The summed E-state index contributed by atoms with van der Waals surface area (Å²) in [7, 11) is -4.54. The average molecular weight is 420 g/mol. The van der Waals surface area contributed by atoms with Crippen molar-refractivity contribution in [3.05, 3.63) is 23.5 Å². The summed E-state index contributed by atoms with van der Waals surface area (Å²) >= 11 is 0. The molecule has 5 rings (SSSR count). The van der Waals surface area contributed by atoms with E-state index in [1.807, 2.05) is 0 Å². The van der Waals surface area contributed by atoms with E-state index < -0.39 is 49.5 Å². The van der Waals surface area contributed by atoms with Crippen LogP contribution in [0.25, 0.3) is 0 Å². The smallest absolute Gasteiger partial charge is 0.324 e. The van der Waals surface area contributed by atoms with Crippen molar-refractivity contribution in [3.8, 4) is 0 Å². The van der Waals surface area contributed by atoms with Gasteiger partial charge in [0.1, 0.15) is 10.7 Å². The number of hydrogen-bond donors (Lipinski definition) is 2. The molecule has 5 nitrogen and oxygen atoms in total. The van der Waals surface area contributed by atoms with Crippen LogP contribution in [0, 0.1) is 29.0 Å². The Kier molecular flexibility index (Phi) is 4.32. The number of hydrogen-bond acceptors (Lipinski definition) is 3. The van der Waals surface area contributed by atoms with Gasteiger partial charge in [0.2, 0.25) is 15.9 Å². The Labute approximate surface area is 159 Å². The molecular weight excluding hydrogens is 400 g/mol. The number of nitrogens with one attached hydrogen (secondary N) is 1. The van der Waals surface area contributed by atoms with E-state index >= 15 is 0 Å². The number of anilines is 1. The third-order valence-electron chi connectivity index (χ3n) is 6.45. The number of primary sulfonamides is 1. The van der Waals surface area contributed by atoms with Crippen molar-refractivity contribution in [2.45, 2.75) is 49.6 Å². The predicted molar refractivity (Wildman–Crippen MR) is 92.0 cm³/mol. The van der Waals surface area contributed by atoms with Crippen LogP contribution in [0.3, 0.4) is 0 Å². The molecule has 10 heteroatoms. The lowest BCUT2D eigenvalue weighted by Gasteiger charge is -2.55. The van der Waals surface area contributed by atoms with E-state index in [9.17, 15) is 30.8 Å². The summed E-state index contributed by atoms with van der Waals surface area (Å²) in [5.74, 6) is -1.03. The summed E-state index contributed by atoms with van der Waals surface area (Å²) in [6, 6.07) is 0.529. The maximum absolute atomic E-state index is 13.9. The highest BCUT2D eigenvalue weighted by Gasteiger charge is 2.54. The van der Waals surface area contributed by atoms with Gasteiger partial charge >= 0.3 is 6.18 Å². The second-order valence-electron chi connectivity index (χ2n) is 8.52. The number of nitrogens with two attached hydrogens (primary N) is 1. The molecule has 0 radical (unpaired) electrons. The maximum atomic E-state index is 13.9. The van der Waals surface area contributed by atoms with Crippen molar-refractivity contribution in [1.82, 2.24) is 0 Å². The first-order chi connectivity index (χ1) is 12.9. The van der Waals surface area contributed by atoms with Crippen LogP contribution in [0.4, 0.5) is 23.2 Å². The molecule has 0 saturated heterocycles. The lowest BCUT2D eigenvalue weighted by atomic mass is 9.49. The molecule has 4 bridgehead atoms. The first-order valence-electron chi connectivity index (χ1n) is 9.12. The zero-order chi connectivity index (χ0) is 20.5. The Balaban J connectivity index is 1.72. The number of carbonyl (C=O) groups excluding carboxylic acids is 1. The number of halogens is 4. The zero-order valence-electron chi connectivity index (χ0n) is 14.9. The fraction of sp³-hybridized carbons (Fsp3) is 0.611. The molecule has 4 aliphatic carbocycles. The standard InChI is InChI=1S/C18H20F4N2O3S/c19-13-5-15(28(23,26)27)14(4-12(13)18(20,21)22)24-16(25)17-6-9-1-10(7-17)3-11(2-9)8-17/h4-5,9-11H,1-3,6-8H2,(H,24,25)(H2,23,26,27). The average Bonchev–Trinajstić information content (AvgIpc) is 2.52. The molecular formula is C18H20F4N2O3S. The van der Waals surface area contributed by atoms with E-state index in [2.05, 4.69) is 5.32 Å². The van der Waals surface area contributed by atoms with Crippen molar-refractivity contribution < 1.29 is 30.8 Å². The summed E-state index contributed by atoms with van der Waals surface area (Å²) in [6.07, 6.45) is 0.0624. The largest absolute Gasteiger partial charge is 0.419 e. The fourth-order valence-electron chi connectivity index (χ4n) is 5.75. The van der Waals surface area contributed by atoms with Gasteiger partial charge in [-0.3, -0.25) is 4.79 Å². The van der Waals surface area contributed by atoms with Crippen LogP contribution in [0.2, 0.25) is 0 Å². The minimum Gasteiger partial charge on any atom is -0.324 e. The molecule has 4 saturated carbocycles. The molecule has 4 aliphatic rings. The predicted octanol–water partition coefficient (Wildman–Crippen LogP) is 3.65. The molecule has 0 unspecified atom stereocenters. The molecule has 0 aliphatic heterocycles. The summed E-state index contributed by atoms with van der Waals surface area (Å²) in [5, 5.41) is 7.39. The summed E-state index contributed by atoms with van der Waals surface area (Å²) in [4.78, 5) is 12.2. The van der Waals surface area contributed by atoms with Crippen LogP contribution >= 0.6 is 0 Å². The number of carbonyl (C=O) groups is 1. The Hall–Kier alpha value is -1.68.